The highest BCUT2D eigenvalue weighted by molar-refractivity contribution is 5.90. The molecule has 0 bridgehead atoms. The molecule has 3 N–H and O–H groups in total. The zero-order valence-electron chi connectivity index (χ0n) is 11.2. The van der Waals surface area contributed by atoms with Crippen molar-refractivity contribution >= 4 is 28.4 Å². The van der Waals surface area contributed by atoms with Crippen LogP contribution in [0.2, 0.25) is 0 Å². The average Bonchev–Trinajstić information content (AvgIpc) is 2.73. The molecule has 9 nitrogen and oxygen atoms in total. The normalized spacial score (nSPS) is 11.0. The maximum absolute atomic E-state index is 10.9. The Kier molecular flexibility index (Phi) is 3.97. The first-order valence-corrected chi connectivity index (χ1v) is 6.21. The van der Waals surface area contributed by atoms with Crippen LogP contribution in [0.4, 0.5) is 5.69 Å². The van der Waals surface area contributed by atoms with Crippen LogP contribution in [0.5, 0.6) is 5.88 Å². The first kappa shape index (κ1) is 15.3. The predicted molar refractivity (Wildman–Crippen MR) is 73.8 cm³/mol. The first-order chi connectivity index (χ1) is 10.3. The fourth-order valence-electron chi connectivity index (χ4n) is 2.27. The number of hydrogen-bond acceptors (Lipinski definition) is 5. The minimum atomic E-state index is -1.21. The van der Waals surface area contributed by atoms with Gasteiger partial charge in [-0.1, -0.05) is 0 Å². The largest absolute Gasteiger partial charge is 0.494 e. The summed E-state index contributed by atoms with van der Waals surface area (Å²) in [7, 11) is 0. The molecule has 0 amide bonds. The number of rotatable bonds is 6. The summed E-state index contributed by atoms with van der Waals surface area (Å²) in [6, 6.07) is 2.76. The summed E-state index contributed by atoms with van der Waals surface area (Å²) in [5.74, 6) is -2.75. The number of aromatic hydroxyl groups is 1. The summed E-state index contributed by atoms with van der Waals surface area (Å²) in [6.07, 6.45) is 0.320. The third-order valence-corrected chi connectivity index (χ3v) is 3.22. The number of nitro benzene ring substituents is 1. The molecule has 0 unspecified atom stereocenters. The summed E-state index contributed by atoms with van der Waals surface area (Å²) in [5.41, 5.74) is -0.183. The van der Waals surface area contributed by atoms with Gasteiger partial charge in [-0.25, -0.2) is 0 Å². The Hall–Kier alpha value is -3.10. The SMILES string of the molecule is O=C(O)CC(CC(=O)O)n1cc2cc([N+](=O)[O-])ccc2c1O. The first-order valence-electron chi connectivity index (χ1n) is 6.21. The van der Waals surface area contributed by atoms with E-state index in [1.165, 1.54) is 24.4 Å². The monoisotopic (exact) mass is 308 g/mol. The van der Waals surface area contributed by atoms with Gasteiger partial charge in [0.25, 0.3) is 5.69 Å². The molecule has 2 aromatic rings. The molecule has 0 radical (unpaired) electrons. The molecule has 0 atom stereocenters. The number of benzene rings is 1. The molecular weight excluding hydrogens is 296 g/mol. The van der Waals surface area contributed by atoms with Crippen LogP contribution in [0.3, 0.4) is 0 Å². The van der Waals surface area contributed by atoms with Crippen molar-refractivity contribution in [2.24, 2.45) is 0 Å². The molecular formula is C13H12N2O7. The molecule has 22 heavy (non-hydrogen) atoms. The van der Waals surface area contributed by atoms with Crippen molar-refractivity contribution < 1.29 is 29.8 Å². The minimum absolute atomic E-state index is 0.183. The number of fused-ring (bicyclic) bond motifs is 1. The lowest BCUT2D eigenvalue weighted by molar-refractivity contribution is -0.384. The van der Waals surface area contributed by atoms with Gasteiger partial charge in [-0.05, 0) is 6.07 Å². The Morgan fingerprint density at radius 2 is 1.82 bits per heavy atom. The van der Waals surface area contributed by atoms with Crippen LogP contribution >= 0.6 is 0 Å². The van der Waals surface area contributed by atoms with E-state index in [0.29, 0.717) is 5.39 Å². The third kappa shape index (κ3) is 2.97. The number of aliphatic carboxylic acids is 2. The zero-order chi connectivity index (χ0) is 16.4. The van der Waals surface area contributed by atoms with Gasteiger partial charge in [0.15, 0.2) is 5.88 Å². The van der Waals surface area contributed by atoms with Crippen molar-refractivity contribution in [3.63, 3.8) is 0 Å². The lowest BCUT2D eigenvalue weighted by Gasteiger charge is -2.15. The van der Waals surface area contributed by atoms with E-state index in [-0.39, 0.29) is 17.0 Å². The minimum Gasteiger partial charge on any atom is -0.494 e. The van der Waals surface area contributed by atoms with E-state index in [1.54, 1.807) is 0 Å². The topological polar surface area (TPSA) is 143 Å². The van der Waals surface area contributed by atoms with E-state index >= 15 is 0 Å². The van der Waals surface area contributed by atoms with Crippen LogP contribution < -0.4 is 0 Å². The molecule has 1 heterocycles. The number of carboxylic acids is 2. The second kappa shape index (κ2) is 5.72. The van der Waals surface area contributed by atoms with Crippen molar-refractivity contribution in [3.05, 3.63) is 34.5 Å². The molecule has 2 rings (SSSR count). The van der Waals surface area contributed by atoms with Crippen molar-refractivity contribution in [2.75, 3.05) is 0 Å². The summed E-state index contributed by atoms with van der Waals surface area (Å²) in [5, 5.41) is 39.2. The van der Waals surface area contributed by atoms with Crippen LogP contribution in [0.25, 0.3) is 10.8 Å². The number of carbonyl (C=O) groups is 2. The number of aromatic nitrogens is 1. The highest BCUT2D eigenvalue weighted by Gasteiger charge is 2.23. The van der Waals surface area contributed by atoms with Crippen molar-refractivity contribution in [1.29, 1.82) is 0 Å². The number of nitrogens with zero attached hydrogens (tertiary/aromatic N) is 2. The summed E-state index contributed by atoms with van der Waals surface area (Å²) < 4.78 is 1.12. The number of non-ortho nitro benzene ring substituents is 1. The highest BCUT2D eigenvalue weighted by Crippen LogP contribution is 2.34. The molecule has 0 fully saturated rings. The van der Waals surface area contributed by atoms with Crippen molar-refractivity contribution in [2.45, 2.75) is 18.9 Å². The van der Waals surface area contributed by atoms with E-state index in [2.05, 4.69) is 0 Å². The third-order valence-electron chi connectivity index (χ3n) is 3.22. The molecule has 0 saturated carbocycles. The van der Waals surface area contributed by atoms with Gasteiger partial charge in [0.2, 0.25) is 0 Å². The maximum Gasteiger partial charge on any atom is 0.305 e. The second-order valence-corrected chi connectivity index (χ2v) is 4.74. The quantitative estimate of drug-likeness (QED) is 0.544. The standard InChI is InChI=1S/C13H12N2O7/c16-11(17)4-9(5-12(18)19)14-6-7-3-8(15(21)22)1-2-10(7)13(14)20/h1-3,6,9,20H,4-5H2,(H,16,17)(H,18,19). The molecule has 1 aromatic carbocycles. The van der Waals surface area contributed by atoms with Gasteiger partial charge in [0, 0.05) is 29.1 Å². The van der Waals surface area contributed by atoms with Crippen LogP contribution in [0.1, 0.15) is 18.9 Å². The molecule has 0 aliphatic carbocycles. The van der Waals surface area contributed by atoms with Crippen LogP contribution in [-0.2, 0) is 9.59 Å². The van der Waals surface area contributed by atoms with Gasteiger partial charge in [-0.15, -0.1) is 0 Å². The fourth-order valence-corrected chi connectivity index (χ4v) is 2.27. The van der Waals surface area contributed by atoms with E-state index < -0.39 is 35.7 Å². The molecule has 0 aliphatic rings. The Morgan fingerprint density at radius 3 is 2.32 bits per heavy atom. The molecule has 0 spiro atoms. The Labute approximate surface area is 123 Å². The summed E-state index contributed by atoms with van der Waals surface area (Å²) in [4.78, 5) is 31.9. The lowest BCUT2D eigenvalue weighted by atomic mass is 10.1. The predicted octanol–water partition coefficient (Wildman–Crippen LogP) is 1.75. The van der Waals surface area contributed by atoms with Crippen molar-refractivity contribution in [1.82, 2.24) is 4.57 Å². The molecule has 9 heteroatoms. The van der Waals surface area contributed by atoms with Gasteiger partial charge in [-0.3, -0.25) is 19.7 Å². The second-order valence-electron chi connectivity index (χ2n) is 4.74. The van der Waals surface area contributed by atoms with Gasteiger partial charge in [0.1, 0.15) is 0 Å². The zero-order valence-corrected chi connectivity index (χ0v) is 11.2. The molecule has 1 aromatic heterocycles. The maximum atomic E-state index is 10.9. The molecule has 0 aliphatic heterocycles. The van der Waals surface area contributed by atoms with E-state index in [4.69, 9.17) is 10.2 Å². The lowest BCUT2D eigenvalue weighted by Crippen LogP contribution is -2.16. The molecule has 0 saturated heterocycles. The Balaban J connectivity index is 2.52. The number of nitro groups is 1. The molecule has 116 valence electrons. The van der Waals surface area contributed by atoms with Gasteiger partial charge >= 0.3 is 11.9 Å². The number of carboxylic acid groups (broad SMARTS) is 2. The summed E-state index contributed by atoms with van der Waals surface area (Å²) >= 11 is 0. The van der Waals surface area contributed by atoms with Crippen molar-refractivity contribution in [3.8, 4) is 5.88 Å². The average molecular weight is 308 g/mol. The van der Waals surface area contributed by atoms with Crippen LogP contribution in [0, 0.1) is 10.1 Å². The smallest absolute Gasteiger partial charge is 0.305 e. The summed E-state index contributed by atoms with van der Waals surface area (Å²) in [6.45, 7) is 0. The van der Waals surface area contributed by atoms with Gasteiger partial charge < -0.3 is 19.9 Å². The highest BCUT2D eigenvalue weighted by atomic mass is 16.6. The number of hydrogen-bond donors (Lipinski definition) is 3. The van der Waals surface area contributed by atoms with Gasteiger partial charge in [-0.2, -0.15) is 0 Å². The van der Waals surface area contributed by atoms with E-state index in [9.17, 15) is 24.8 Å². The van der Waals surface area contributed by atoms with Crippen LogP contribution in [-0.4, -0.2) is 36.7 Å². The van der Waals surface area contributed by atoms with E-state index in [1.807, 2.05) is 0 Å². The fraction of sp³-hybridized carbons (Fsp3) is 0.231. The Bertz CT molecular complexity index is 749. The Morgan fingerprint density at radius 1 is 1.23 bits per heavy atom. The van der Waals surface area contributed by atoms with Gasteiger partial charge in [0.05, 0.1) is 23.8 Å². The van der Waals surface area contributed by atoms with Crippen LogP contribution in [0.15, 0.2) is 24.4 Å². The van der Waals surface area contributed by atoms with E-state index in [0.717, 1.165) is 4.57 Å².